The largest absolute Gasteiger partial charge is 0.383 e. The second-order valence-corrected chi connectivity index (χ2v) is 4.19. The van der Waals surface area contributed by atoms with Gasteiger partial charge in [-0.1, -0.05) is 0 Å². The minimum Gasteiger partial charge on any atom is -0.383 e. The van der Waals surface area contributed by atoms with Crippen LogP contribution in [-0.2, 0) is 9.53 Å². The lowest BCUT2D eigenvalue weighted by atomic mass is 10.2. The first kappa shape index (κ1) is 12.5. The summed E-state index contributed by atoms with van der Waals surface area (Å²) in [6, 6.07) is 0.362. The average molecular weight is 214 g/mol. The summed E-state index contributed by atoms with van der Waals surface area (Å²) in [6.07, 6.45) is 2.52. The van der Waals surface area contributed by atoms with Gasteiger partial charge in [-0.2, -0.15) is 0 Å². The number of hydrogen-bond donors (Lipinski definition) is 1. The predicted octanol–water partition coefficient (Wildman–Crippen LogP) is 0.479. The van der Waals surface area contributed by atoms with Crippen LogP contribution in [0.1, 0.15) is 19.8 Å². The molecule has 0 aromatic rings. The molecule has 1 amide bonds. The van der Waals surface area contributed by atoms with E-state index in [1.807, 2.05) is 4.90 Å². The van der Waals surface area contributed by atoms with Gasteiger partial charge in [-0.25, -0.2) is 0 Å². The van der Waals surface area contributed by atoms with Gasteiger partial charge in [0.25, 0.3) is 0 Å². The van der Waals surface area contributed by atoms with Gasteiger partial charge in [0.05, 0.1) is 13.2 Å². The number of rotatable bonds is 7. The van der Waals surface area contributed by atoms with Gasteiger partial charge in [0.2, 0.25) is 5.91 Å². The normalized spacial score (nSPS) is 17.5. The number of hydrogen-bond acceptors (Lipinski definition) is 3. The molecule has 0 aliphatic heterocycles. The lowest BCUT2D eigenvalue weighted by Gasteiger charge is -2.29. The van der Waals surface area contributed by atoms with E-state index in [4.69, 9.17) is 4.74 Å². The summed E-state index contributed by atoms with van der Waals surface area (Å²) in [5.74, 6) is 0.886. The molecular formula is C11H22N2O2. The van der Waals surface area contributed by atoms with Crippen LogP contribution in [0.5, 0.6) is 0 Å². The summed E-state index contributed by atoms with van der Waals surface area (Å²) in [5.41, 5.74) is 0. The fraction of sp³-hybridized carbons (Fsp3) is 0.909. The highest BCUT2D eigenvalue weighted by molar-refractivity contribution is 5.78. The number of methoxy groups -OCH3 is 1. The number of carbonyl (C=O) groups excluding carboxylic acids is 1. The van der Waals surface area contributed by atoms with E-state index in [-0.39, 0.29) is 5.91 Å². The Hall–Kier alpha value is -0.610. The average Bonchev–Trinajstić information content (AvgIpc) is 3.01. The Bertz CT molecular complexity index is 205. The zero-order valence-corrected chi connectivity index (χ0v) is 9.95. The highest BCUT2D eigenvalue weighted by Crippen LogP contribution is 2.35. The number of nitrogens with one attached hydrogen (secondary N) is 1. The molecular weight excluding hydrogens is 192 g/mol. The smallest absolute Gasteiger partial charge is 0.236 e. The van der Waals surface area contributed by atoms with Crippen molar-refractivity contribution in [2.75, 3.05) is 33.9 Å². The number of nitrogens with zero attached hydrogens (tertiary/aromatic N) is 1. The molecule has 0 heterocycles. The summed E-state index contributed by atoms with van der Waals surface area (Å²) in [6.45, 7) is 3.88. The summed E-state index contributed by atoms with van der Waals surface area (Å²) >= 11 is 0. The van der Waals surface area contributed by atoms with E-state index in [2.05, 4.69) is 12.2 Å². The van der Waals surface area contributed by atoms with Crippen molar-refractivity contribution in [1.29, 1.82) is 0 Å². The standard InChI is InChI=1S/C11H22N2O2/c1-9(10-4-5-10)13(6-7-15-3)11(14)8-12-2/h9-10,12H,4-8H2,1-3H3. The fourth-order valence-electron chi connectivity index (χ4n) is 1.83. The van der Waals surface area contributed by atoms with Crippen LogP contribution >= 0.6 is 0 Å². The third-order valence-electron chi connectivity index (χ3n) is 2.98. The van der Waals surface area contributed by atoms with Crippen molar-refractivity contribution in [2.24, 2.45) is 5.92 Å². The molecule has 0 aromatic heterocycles. The molecule has 1 aliphatic rings. The lowest BCUT2D eigenvalue weighted by molar-refractivity contribution is -0.133. The Balaban J connectivity index is 2.46. The van der Waals surface area contributed by atoms with Crippen LogP contribution in [0, 0.1) is 5.92 Å². The van der Waals surface area contributed by atoms with E-state index in [0.717, 1.165) is 0 Å². The molecule has 4 heteroatoms. The molecule has 1 atom stereocenters. The van der Waals surface area contributed by atoms with Crippen LogP contribution in [0.3, 0.4) is 0 Å². The molecule has 88 valence electrons. The monoisotopic (exact) mass is 214 g/mol. The minimum atomic E-state index is 0.175. The van der Waals surface area contributed by atoms with E-state index >= 15 is 0 Å². The van der Waals surface area contributed by atoms with Gasteiger partial charge >= 0.3 is 0 Å². The minimum absolute atomic E-state index is 0.175. The predicted molar refractivity (Wildman–Crippen MR) is 59.7 cm³/mol. The molecule has 0 saturated heterocycles. The van der Waals surface area contributed by atoms with Gasteiger partial charge in [-0.05, 0) is 32.7 Å². The highest BCUT2D eigenvalue weighted by atomic mass is 16.5. The molecule has 0 radical (unpaired) electrons. The molecule has 0 bridgehead atoms. The first-order chi connectivity index (χ1) is 7.20. The summed E-state index contributed by atoms with van der Waals surface area (Å²) in [4.78, 5) is 13.8. The van der Waals surface area contributed by atoms with Crippen molar-refractivity contribution in [1.82, 2.24) is 10.2 Å². The van der Waals surface area contributed by atoms with Gasteiger partial charge in [0.1, 0.15) is 0 Å². The number of carbonyl (C=O) groups is 1. The Labute approximate surface area is 92.0 Å². The Kier molecular flexibility index (Phi) is 5.05. The van der Waals surface area contributed by atoms with E-state index in [1.54, 1.807) is 14.2 Å². The zero-order valence-electron chi connectivity index (χ0n) is 9.95. The third kappa shape index (κ3) is 3.80. The van der Waals surface area contributed by atoms with Crippen molar-refractivity contribution in [3.63, 3.8) is 0 Å². The maximum absolute atomic E-state index is 11.8. The van der Waals surface area contributed by atoms with Crippen LogP contribution in [-0.4, -0.2) is 50.7 Å². The first-order valence-corrected chi connectivity index (χ1v) is 5.63. The van der Waals surface area contributed by atoms with Gasteiger partial charge in [0, 0.05) is 19.7 Å². The second-order valence-electron chi connectivity index (χ2n) is 4.19. The molecule has 1 fully saturated rings. The number of likely N-dealkylation sites (N-methyl/N-ethyl adjacent to an activating group) is 1. The maximum Gasteiger partial charge on any atom is 0.236 e. The van der Waals surface area contributed by atoms with E-state index < -0.39 is 0 Å². The maximum atomic E-state index is 11.8. The van der Waals surface area contributed by atoms with Gasteiger partial charge in [-0.3, -0.25) is 4.79 Å². The van der Waals surface area contributed by atoms with Crippen LogP contribution < -0.4 is 5.32 Å². The van der Waals surface area contributed by atoms with E-state index in [1.165, 1.54) is 12.8 Å². The van der Waals surface area contributed by atoms with Crippen LogP contribution in [0.25, 0.3) is 0 Å². The molecule has 15 heavy (non-hydrogen) atoms. The van der Waals surface area contributed by atoms with Gasteiger partial charge in [0.15, 0.2) is 0 Å². The second kappa shape index (κ2) is 6.08. The molecule has 1 aliphatic carbocycles. The van der Waals surface area contributed by atoms with E-state index in [0.29, 0.717) is 31.7 Å². The first-order valence-electron chi connectivity index (χ1n) is 5.63. The Morgan fingerprint density at radius 1 is 1.60 bits per heavy atom. The van der Waals surface area contributed by atoms with Crippen molar-refractivity contribution >= 4 is 5.91 Å². The summed E-state index contributed by atoms with van der Waals surface area (Å²) < 4.78 is 5.04. The van der Waals surface area contributed by atoms with Crippen molar-refractivity contribution in [2.45, 2.75) is 25.8 Å². The lowest BCUT2D eigenvalue weighted by Crippen LogP contribution is -2.45. The van der Waals surface area contributed by atoms with Crippen LogP contribution in [0.4, 0.5) is 0 Å². The topological polar surface area (TPSA) is 41.6 Å². The highest BCUT2D eigenvalue weighted by Gasteiger charge is 2.33. The molecule has 1 rings (SSSR count). The molecule has 1 saturated carbocycles. The number of ether oxygens (including phenoxy) is 1. The molecule has 0 spiro atoms. The van der Waals surface area contributed by atoms with Crippen molar-refractivity contribution in [3.05, 3.63) is 0 Å². The summed E-state index contributed by atoms with van der Waals surface area (Å²) in [5, 5.41) is 2.91. The molecule has 4 nitrogen and oxygen atoms in total. The molecule has 1 unspecified atom stereocenters. The zero-order chi connectivity index (χ0) is 11.3. The molecule has 0 aromatic carbocycles. The molecule has 1 N–H and O–H groups in total. The Morgan fingerprint density at radius 2 is 2.27 bits per heavy atom. The van der Waals surface area contributed by atoms with Crippen LogP contribution in [0.2, 0.25) is 0 Å². The number of amides is 1. The van der Waals surface area contributed by atoms with Gasteiger partial charge in [-0.15, -0.1) is 0 Å². The van der Waals surface area contributed by atoms with Crippen molar-refractivity contribution < 1.29 is 9.53 Å². The quantitative estimate of drug-likeness (QED) is 0.670. The van der Waals surface area contributed by atoms with Crippen LogP contribution in [0.15, 0.2) is 0 Å². The SMILES string of the molecule is CNCC(=O)N(CCOC)C(C)C1CC1. The fourth-order valence-corrected chi connectivity index (χ4v) is 1.83. The third-order valence-corrected chi connectivity index (χ3v) is 2.98. The van der Waals surface area contributed by atoms with E-state index in [9.17, 15) is 4.79 Å². The Morgan fingerprint density at radius 3 is 2.73 bits per heavy atom. The van der Waals surface area contributed by atoms with Crippen molar-refractivity contribution in [3.8, 4) is 0 Å². The van der Waals surface area contributed by atoms with Gasteiger partial charge < -0.3 is 15.0 Å². The summed E-state index contributed by atoms with van der Waals surface area (Å²) in [7, 11) is 3.47.